The van der Waals surface area contributed by atoms with Crippen LogP contribution in [0.2, 0.25) is 0 Å². The summed E-state index contributed by atoms with van der Waals surface area (Å²) in [5.41, 5.74) is 1.33. The maximum absolute atomic E-state index is 12.3. The number of imide groups is 1. The third kappa shape index (κ3) is 4.29. The number of Topliss-reactive ketones (excluding diaryl/α,β-unsaturated/α-hetero) is 1. The maximum atomic E-state index is 12.3. The molecule has 1 aliphatic heterocycles. The highest BCUT2D eigenvalue weighted by Crippen LogP contribution is 2.28. The Hall–Kier alpha value is -2.84. The predicted molar refractivity (Wildman–Crippen MR) is 101 cm³/mol. The van der Waals surface area contributed by atoms with Crippen molar-refractivity contribution in [3.05, 3.63) is 59.7 Å². The minimum Gasteiger partial charge on any atom is -0.496 e. The molecule has 0 radical (unpaired) electrons. The molecule has 2 aromatic rings. The summed E-state index contributed by atoms with van der Waals surface area (Å²) in [6.07, 6.45) is 0.392. The fourth-order valence-electron chi connectivity index (χ4n) is 2.64. The number of benzene rings is 2. The summed E-state index contributed by atoms with van der Waals surface area (Å²) >= 11 is 0.921. The number of hydrogen-bond acceptors (Lipinski definition) is 7. The standard InChI is InChI=1S/C19H18N2O5S/c1-25-16-5-3-2-4-14(16)15(22)11-26-13-8-6-12(7-9-13)10-17-18(23)21(20)19(24)27-17/h2-9,17H,10-11,20H2,1H3. The molecule has 0 saturated carbocycles. The zero-order valence-corrected chi connectivity index (χ0v) is 15.4. The van der Waals surface area contributed by atoms with E-state index in [0.29, 0.717) is 28.5 Å². The number of para-hydroxylation sites is 1. The van der Waals surface area contributed by atoms with Crippen LogP contribution < -0.4 is 15.3 Å². The lowest BCUT2D eigenvalue weighted by Gasteiger charge is -2.10. The van der Waals surface area contributed by atoms with Crippen LogP contribution in [0, 0.1) is 0 Å². The van der Waals surface area contributed by atoms with E-state index in [-0.39, 0.29) is 12.4 Å². The second-order valence-corrected chi connectivity index (χ2v) is 6.99. The number of hydrazine groups is 1. The van der Waals surface area contributed by atoms with Crippen LogP contribution in [0.15, 0.2) is 48.5 Å². The van der Waals surface area contributed by atoms with Crippen LogP contribution in [0.3, 0.4) is 0 Å². The number of ketones is 1. The van der Waals surface area contributed by atoms with Gasteiger partial charge in [0.25, 0.3) is 5.91 Å². The van der Waals surface area contributed by atoms with Crippen LogP contribution in [0.1, 0.15) is 15.9 Å². The van der Waals surface area contributed by atoms with Crippen molar-refractivity contribution in [2.75, 3.05) is 13.7 Å². The molecule has 1 atom stereocenters. The van der Waals surface area contributed by atoms with Crippen LogP contribution in [0.5, 0.6) is 11.5 Å². The van der Waals surface area contributed by atoms with Crippen molar-refractivity contribution in [2.45, 2.75) is 11.7 Å². The number of methoxy groups -OCH3 is 1. The fourth-order valence-corrected chi connectivity index (χ4v) is 3.58. The van der Waals surface area contributed by atoms with Crippen molar-refractivity contribution in [1.82, 2.24) is 5.01 Å². The lowest BCUT2D eigenvalue weighted by Crippen LogP contribution is -2.37. The third-order valence-electron chi connectivity index (χ3n) is 4.07. The molecule has 140 valence electrons. The van der Waals surface area contributed by atoms with Gasteiger partial charge in [-0.2, -0.15) is 0 Å². The van der Waals surface area contributed by atoms with Crippen molar-refractivity contribution in [3.8, 4) is 11.5 Å². The van der Waals surface area contributed by atoms with Gasteiger partial charge in [-0.15, -0.1) is 0 Å². The maximum Gasteiger partial charge on any atom is 0.303 e. The normalized spacial score (nSPS) is 16.5. The number of carbonyl (C=O) groups is 3. The quantitative estimate of drug-likeness (QED) is 0.443. The van der Waals surface area contributed by atoms with Gasteiger partial charge in [0, 0.05) is 0 Å². The molecule has 1 unspecified atom stereocenters. The molecule has 2 amide bonds. The van der Waals surface area contributed by atoms with Gasteiger partial charge in [0.1, 0.15) is 11.5 Å². The molecule has 1 aliphatic rings. The van der Waals surface area contributed by atoms with E-state index >= 15 is 0 Å². The van der Waals surface area contributed by atoms with E-state index in [9.17, 15) is 14.4 Å². The minimum atomic E-state index is -0.513. The molecule has 7 nitrogen and oxygen atoms in total. The van der Waals surface area contributed by atoms with Crippen LogP contribution in [0.4, 0.5) is 4.79 Å². The zero-order valence-electron chi connectivity index (χ0n) is 14.6. The molecule has 3 rings (SSSR count). The van der Waals surface area contributed by atoms with Crippen molar-refractivity contribution < 1.29 is 23.9 Å². The van der Waals surface area contributed by atoms with E-state index in [0.717, 1.165) is 17.3 Å². The molecular formula is C19H18N2O5S. The monoisotopic (exact) mass is 386 g/mol. The van der Waals surface area contributed by atoms with Gasteiger partial charge in [0.15, 0.2) is 6.61 Å². The van der Waals surface area contributed by atoms with Gasteiger partial charge < -0.3 is 9.47 Å². The van der Waals surface area contributed by atoms with Crippen molar-refractivity contribution in [2.24, 2.45) is 5.84 Å². The molecule has 0 spiro atoms. The zero-order chi connectivity index (χ0) is 19.4. The second kappa shape index (κ2) is 8.24. The number of rotatable bonds is 7. The van der Waals surface area contributed by atoms with Gasteiger partial charge in [-0.05, 0) is 48.0 Å². The highest BCUT2D eigenvalue weighted by molar-refractivity contribution is 8.15. The van der Waals surface area contributed by atoms with Crippen LogP contribution in [-0.2, 0) is 11.2 Å². The molecule has 27 heavy (non-hydrogen) atoms. The summed E-state index contributed by atoms with van der Waals surface area (Å²) in [4.78, 5) is 35.6. The largest absolute Gasteiger partial charge is 0.496 e. The number of thioether (sulfide) groups is 1. The second-order valence-electron chi connectivity index (χ2n) is 5.84. The number of hydrogen-bond donors (Lipinski definition) is 1. The Morgan fingerprint density at radius 3 is 2.48 bits per heavy atom. The first-order valence-corrected chi connectivity index (χ1v) is 9.05. The highest BCUT2D eigenvalue weighted by Gasteiger charge is 2.37. The molecule has 1 fully saturated rings. The molecule has 0 bridgehead atoms. The molecule has 1 heterocycles. The van der Waals surface area contributed by atoms with E-state index < -0.39 is 16.4 Å². The van der Waals surface area contributed by atoms with E-state index in [1.807, 2.05) is 0 Å². The number of nitrogens with two attached hydrogens (primary N) is 1. The van der Waals surface area contributed by atoms with Crippen molar-refractivity contribution >= 4 is 28.7 Å². The van der Waals surface area contributed by atoms with Gasteiger partial charge >= 0.3 is 5.24 Å². The molecule has 1 saturated heterocycles. The minimum absolute atomic E-state index is 0.118. The van der Waals surface area contributed by atoms with Crippen molar-refractivity contribution in [1.29, 1.82) is 0 Å². The van der Waals surface area contributed by atoms with Gasteiger partial charge in [-0.3, -0.25) is 14.4 Å². The molecular weight excluding hydrogens is 368 g/mol. The Labute approximate surface area is 160 Å². The average molecular weight is 386 g/mol. The Balaban J connectivity index is 1.57. The van der Waals surface area contributed by atoms with Crippen LogP contribution in [0.25, 0.3) is 0 Å². The predicted octanol–water partition coefficient (Wildman–Crippen LogP) is 2.44. The van der Waals surface area contributed by atoms with E-state index in [2.05, 4.69) is 0 Å². The molecule has 0 aliphatic carbocycles. The Kier molecular flexibility index (Phi) is 5.78. The van der Waals surface area contributed by atoms with E-state index in [1.165, 1.54) is 7.11 Å². The Morgan fingerprint density at radius 1 is 1.15 bits per heavy atom. The summed E-state index contributed by atoms with van der Waals surface area (Å²) in [5, 5.41) is -0.308. The summed E-state index contributed by atoms with van der Waals surface area (Å²) in [7, 11) is 1.51. The topological polar surface area (TPSA) is 98.9 Å². The first-order chi connectivity index (χ1) is 13.0. The SMILES string of the molecule is COc1ccccc1C(=O)COc1ccc(CC2SC(=O)N(N)C2=O)cc1. The summed E-state index contributed by atoms with van der Waals surface area (Å²) < 4.78 is 10.7. The van der Waals surface area contributed by atoms with Gasteiger partial charge in [0.2, 0.25) is 5.78 Å². The summed E-state index contributed by atoms with van der Waals surface area (Å²) in [5.74, 6) is 5.83. The molecule has 0 aromatic heterocycles. The number of amides is 2. The lowest BCUT2D eigenvalue weighted by molar-refractivity contribution is -0.126. The van der Waals surface area contributed by atoms with Crippen LogP contribution >= 0.6 is 11.8 Å². The van der Waals surface area contributed by atoms with Crippen molar-refractivity contribution in [3.63, 3.8) is 0 Å². The highest BCUT2D eigenvalue weighted by atomic mass is 32.2. The first-order valence-electron chi connectivity index (χ1n) is 8.17. The first kappa shape index (κ1) is 18.9. The summed E-state index contributed by atoms with van der Waals surface area (Å²) in [6, 6.07) is 14.0. The van der Waals surface area contributed by atoms with Gasteiger partial charge in [-0.25, -0.2) is 10.9 Å². The molecule has 2 aromatic carbocycles. The number of carbonyl (C=O) groups excluding carboxylic acids is 3. The smallest absolute Gasteiger partial charge is 0.303 e. The van der Waals surface area contributed by atoms with E-state index in [4.69, 9.17) is 15.3 Å². The number of ether oxygens (including phenoxy) is 2. The summed E-state index contributed by atoms with van der Waals surface area (Å²) in [6.45, 7) is -0.118. The number of nitrogens with zero attached hydrogens (tertiary/aromatic N) is 1. The Morgan fingerprint density at radius 2 is 1.85 bits per heavy atom. The third-order valence-corrected chi connectivity index (χ3v) is 5.13. The van der Waals surface area contributed by atoms with Gasteiger partial charge in [0.05, 0.1) is 17.9 Å². The average Bonchev–Trinajstić information content (AvgIpc) is 2.93. The lowest BCUT2D eigenvalue weighted by atomic mass is 10.1. The molecule has 8 heteroatoms. The fraction of sp³-hybridized carbons (Fsp3) is 0.211. The van der Waals surface area contributed by atoms with Gasteiger partial charge in [-0.1, -0.05) is 24.3 Å². The van der Waals surface area contributed by atoms with E-state index in [1.54, 1.807) is 48.5 Å². The molecule has 2 N–H and O–H groups in total. The Bertz CT molecular complexity index is 869. The van der Waals surface area contributed by atoms with Crippen LogP contribution in [-0.4, -0.2) is 40.9 Å².